The molecule has 106 valence electrons. The van der Waals surface area contributed by atoms with Crippen LogP contribution < -0.4 is 5.32 Å². The van der Waals surface area contributed by atoms with E-state index in [4.69, 9.17) is 0 Å². The van der Waals surface area contributed by atoms with Crippen molar-refractivity contribution in [2.24, 2.45) is 5.92 Å². The Morgan fingerprint density at radius 2 is 2.17 bits per heavy atom. The zero-order chi connectivity index (χ0) is 13.2. The van der Waals surface area contributed by atoms with Gasteiger partial charge in [-0.15, -0.1) is 0 Å². The first-order chi connectivity index (χ1) is 8.45. The number of hydrogen-bond acceptors (Lipinski definition) is 3. The van der Waals surface area contributed by atoms with Crippen LogP contribution >= 0.6 is 0 Å². The number of nitrogens with one attached hydrogen (secondary N) is 1. The molecule has 0 aliphatic carbocycles. The molecule has 0 aromatic heterocycles. The molecule has 2 unspecified atom stereocenters. The van der Waals surface area contributed by atoms with Crippen molar-refractivity contribution in [1.29, 1.82) is 0 Å². The maximum absolute atomic E-state index is 11.6. The van der Waals surface area contributed by atoms with Crippen molar-refractivity contribution in [1.82, 2.24) is 9.62 Å². The van der Waals surface area contributed by atoms with Crippen LogP contribution in [0.2, 0.25) is 0 Å². The summed E-state index contributed by atoms with van der Waals surface area (Å²) in [6.45, 7) is 4.80. The molecule has 2 heterocycles. The average molecular weight is 274 g/mol. The summed E-state index contributed by atoms with van der Waals surface area (Å²) < 4.78 is 24.9. The smallest absolute Gasteiger partial charge is 0.211 e. The molecule has 0 spiro atoms. The van der Waals surface area contributed by atoms with Gasteiger partial charge >= 0.3 is 0 Å². The molecule has 0 aromatic rings. The van der Waals surface area contributed by atoms with Gasteiger partial charge in [-0.05, 0) is 51.0 Å². The van der Waals surface area contributed by atoms with Crippen LogP contribution in [0.4, 0.5) is 0 Å². The van der Waals surface area contributed by atoms with Gasteiger partial charge in [-0.1, -0.05) is 6.92 Å². The lowest BCUT2D eigenvalue weighted by molar-refractivity contribution is 0.198. The maximum Gasteiger partial charge on any atom is 0.211 e. The van der Waals surface area contributed by atoms with E-state index in [0.717, 1.165) is 32.4 Å². The Balaban J connectivity index is 1.97. The molecule has 1 N–H and O–H groups in total. The maximum atomic E-state index is 11.6. The summed E-state index contributed by atoms with van der Waals surface area (Å²) in [5.41, 5.74) is 0.283. The van der Waals surface area contributed by atoms with Crippen molar-refractivity contribution in [2.75, 3.05) is 25.9 Å². The Bertz CT molecular complexity index is 374. The Morgan fingerprint density at radius 1 is 1.39 bits per heavy atom. The highest BCUT2D eigenvalue weighted by Gasteiger charge is 2.36. The van der Waals surface area contributed by atoms with Crippen molar-refractivity contribution in [2.45, 2.75) is 51.0 Å². The summed E-state index contributed by atoms with van der Waals surface area (Å²) in [5, 5.41) is 3.65. The van der Waals surface area contributed by atoms with Gasteiger partial charge in [-0.25, -0.2) is 12.7 Å². The lowest BCUT2D eigenvalue weighted by atomic mass is 9.81. The van der Waals surface area contributed by atoms with Crippen molar-refractivity contribution in [3.63, 3.8) is 0 Å². The Hall–Kier alpha value is -0.130. The molecular formula is C13H26N2O2S. The predicted octanol–water partition coefficient (Wildman–Crippen LogP) is 1.58. The molecular weight excluding hydrogens is 248 g/mol. The molecule has 2 saturated heterocycles. The average Bonchev–Trinajstić information content (AvgIpc) is 2.77. The van der Waals surface area contributed by atoms with Gasteiger partial charge in [-0.2, -0.15) is 0 Å². The minimum absolute atomic E-state index is 0.283. The second-order valence-electron chi connectivity index (χ2n) is 6.00. The Morgan fingerprint density at radius 3 is 2.72 bits per heavy atom. The van der Waals surface area contributed by atoms with E-state index in [1.165, 1.54) is 25.5 Å². The molecule has 4 nitrogen and oxygen atoms in total. The molecule has 2 aliphatic rings. The van der Waals surface area contributed by atoms with E-state index in [0.29, 0.717) is 12.5 Å². The summed E-state index contributed by atoms with van der Waals surface area (Å²) in [5.74, 6) is 0.527. The van der Waals surface area contributed by atoms with Crippen molar-refractivity contribution < 1.29 is 8.42 Å². The largest absolute Gasteiger partial charge is 0.311 e. The fourth-order valence-corrected chi connectivity index (χ4v) is 4.48. The fraction of sp³-hybridized carbons (Fsp3) is 1.00. The van der Waals surface area contributed by atoms with Crippen LogP contribution in [-0.2, 0) is 10.0 Å². The standard InChI is InChI=1S/C13H26N2O2S/c1-3-13(7-5-8-14-13)10-12-6-4-9-15(11-12)18(2,16)17/h12,14H,3-11H2,1-2H3. The molecule has 0 amide bonds. The van der Waals surface area contributed by atoms with Crippen molar-refractivity contribution >= 4 is 10.0 Å². The van der Waals surface area contributed by atoms with Crippen molar-refractivity contribution in [3.05, 3.63) is 0 Å². The number of piperidine rings is 1. The SMILES string of the molecule is CCC1(CC2CCCN(S(C)(=O)=O)C2)CCCN1. The lowest BCUT2D eigenvalue weighted by Gasteiger charge is -2.37. The van der Waals surface area contributed by atoms with Gasteiger partial charge in [0.15, 0.2) is 0 Å². The highest BCUT2D eigenvalue weighted by Crippen LogP contribution is 2.33. The molecule has 2 rings (SSSR count). The van der Waals surface area contributed by atoms with Crippen LogP contribution in [0.15, 0.2) is 0 Å². The van der Waals surface area contributed by atoms with Gasteiger partial charge in [-0.3, -0.25) is 0 Å². The first-order valence-electron chi connectivity index (χ1n) is 7.15. The molecule has 2 atom stereocenters. The molecule has 18 heavy (non-hydrogen) atoms. The highest BCUT2D eigenvalue weighted by molar-refractivity contribution is 7.88. The summed E-state index contributed by atoms with van der Waals surface area (Å²) in [7, 11) is -3.01. The van der Waals surface area contributed by atoms with Gasteiger partial charge < -0.3 is 5.32 Å². The molecule has 2 fully saturated rings. The van der Waals surface area contributed by atoms with Crippen molar-refractivity contribution in [3.8, 4) is 0 Å². The second-order valence-corrected chi connectivity index (χ2v) is 7.98. The fourth-order valence-electron chi connectivity index (χ4n) is 3.54. The second kappa shape index (κ2) is 5.47. The van der Waals surface area contributed by atoms with Gasteiger partial charge in [0.2, 0.25) is 10.0 Å². The number of nitrogens with zero attached hydrogens (tertiary/aromatic N) is 1. The molecule has 0 radical (unpaired) electrons. The zero-order valence-corrected chi connectivity index (χ0v) is 12.4. The molecule has 2 aliphatic heterocycles. The summed E-state index contributed by atoms with van der Waals surface area (Å²) >= 11 is 0. The minimum Gasteiger partial charge on any atom is -0.311 e. The van der Waals surface area contributed by atoms with E-state index in [-0.39, 0.29) is 5.54 Å². The summed E-state index contributed by atoms with van der Waals surface area (Å²) in [6, 6.07) is 0. The van der Waals surface area contributed by atoms with Crippen LogP contribution in [0.1, 0.15) is 45.4 Å². The number of hydrogen-bond donors (Lipinski definition) is 1. The summed E-state index contributed by atoms with van der Waals surface area (Å²) in [6.07, 6.45) is 8.32. The topological polar surface area (TPSA) is 49.4 Å². The Labute approximate surface area is 111 Å². The van der Waals surface area contributed by atoms with Crippen LogP contribution in [0.3, 0.4) is 0 Å². The normalized spacial score (nSPS) is 34.9. The van der Waals surface area contributed by atoms with E-state index in [1.54, 1.807) is 4.31 Å². The third-order valence-electron chi connectivity index (χ3n) is 4.64. The molecule has 0 saturated carbocycles. The van der Waals surface area contributed by atoms with Gasteiger partial charge in [0.05, 0.1) is 6.26 Å². The van der Waals surface area contributed by atoms with Gasteiger partial charge in [0.25, 0.3) is 0 Å². The Kier molecular flexibility index (Phi) is 4.34. The zero-order valence-electron chi connectivity index (χ0n) is 11.6. The molecule has 0 aromatic carbocycles. The van der Waals surface area contributed by atoms with E-state index >= 15 is 0 Å². The number of sulfonamides is 1. The first-order valence-corrected chi connectivity index (χ1v) is 9.00. The first kappa shape index (κ1) is 14.3. The van der Waals surface area contributed by atoms with Gasteiger partial charge in [0, 0.05) is 18.6 Å². The minimum atomic E-state index is -3.01. The van der Waals surface area contributed by atoms with Crippen LogP contribution in [-0.4, -0.2) is 44.2 Å². The quantitative estimate of drug-likeness (QED) is 0.847. The van der Waals surface area contributed by atoms with E-state index < -0.39 is 10.0 Å². The van der Waals surface area contributed by atoms with Crippen LogP contribution in [0, 0.1) is 5.92 Å². The molecule has 5 heteroatoms. The van der Waals surface area contributed by atoms with E-state index in [2.05, 4.69) is 12.2 Å². The van der Waals surface area contributed by atoms with E-state index in [9.17, 15) is 8.42 Å². The summed E-state index contributed by atoms with van der Waals surface area (Å²) in [4.78, 5) is 0. The predicted molar refractivity (Wildman–Crippen MR) is 74.0 cm³/mol. The molecule has 0 bridgehead atoms. The number of rotatable bonds is 4. The lowest BCUT2D eigenvalue weighted by Crippen LogP contribution is -2.46. The van der Waals surface area contributed by atoms with Gasteiger partial charge in [0.1, 0.15) is 0 Å². The third-order valence-corrected chi connectivity index (χ3v) is 5.91. The van der Waals surface area contributed by atoms with Crippen LogP contribution in [0.25, 0.3) is 0 Å². The monoisotopic (exact) mass is 274 g/mol. The van der Waals surface area contributed by atoms with E-state index in [1.807, 2.05) is 0 Å². The highest BCUT2D eigenvalue weighted by atomic mass is 32.2. The van der Waals surface area contributed by atoms with Crippen LogP contribution in [0.5, 0.6) is 0 Å². The third kappa shape index (κ3) is 3.25.